The second kappa shape index (κ2) is 24.8. The molecule has 0 bridgehead atoms. The van der Waals surface area contributed by atoms with Gasteiger partial charge in [-0.2, -0.15) is 0 Å². The van der Waals surface area contributed by atoms with Crippen LogP contribution in [0.15, 0.2) is 79.0 Å². The minimum Gasteiger partial charge on any atom is -0.545 e. The number of carbonyl (C=O) groups excluding carboxylic acids is 3. The molecule has 41 heavy (non-hydrogen) atoms. The molecule has 1 aliphatic heterocycles. The van der Waals surface area contributed by atoms with Gasteiger partial charge in [-0.25, -0.2) is 0 Å². The van der Waals surface area contributed by atoms with Crippen molar-refractivity contribution < 1.29 is 39.9 Å². The summed E-state index contributed by atoms with van der Waals surface area (Å²) in [5.74, 6) is 1.12. The summed E-state index contributed by atoms with van der Waals surface area (Å²) >= 11 is 0. The first-order valence-corrected chi connectivity index (χ1v) is 13.6. The molecule has 0 aliphatic carbocycles. The predicted octanol–water partition coefficient (Wildman–Crippen LogP) is 5.40. The average Bonchev–Trinajstić information content (AvgIpc) is 3.04. The van der Waals surface area contributed by atoms with Gasteiger partial charge in [0.1, 0.15) is 5.75 Å². The van der Waals surface area contributed by atoms with Gasteiger partial charge in [0.2, 0.25) is 0 Å². The first kappa shape index (κ1) is 38.0. The van der Waals surface area contributed by atoms with Crippen LogP contribution in [0, 0.1) is 0 Å². The van der Waals surface area contributed by atoms with Gasteiger partial charge in [-0.3, -0.25) is 30.3 Å². The monoisotopic (exact) mass is 731 g/mol. The van der Waals surface area contributed by atoms with Gasteiger partial charge in [0, 0.05) is 45.3 Å². The van der Waals surface area contributed by atoms with Gasteiger partial charge in [0.15, 0.2) is 0 Å². The maximum atomic E-state index is 10.2. The molecule has 0 amide bonds. The van der Waals surface area contributed by atoms with Crippen LogP contribution in [0.2, 0.25) is 0 Å². The molecule has 1 aromatic heterocycles. The van der Waals surface area contributed by atoms with Crippen LogP contribution in [0.1, 0.15) is 61.3 Å². The Morgan fingerprint density at radius 3 is 2.00 bits per heavy atom. The standard InChI is InChI=1S/C30H39N3O.3CHO.Re/c34-30-16-7-6-14-28(30)24-33(25-29-15-8-9-19-31-29)21-11-2-1-10-20-32-22-17-27(18-23-32)26-12-4-3-5-13-26;3*1-2;/h3-9,12-16,19,27,34H,1-2,10-11,17-18,20-25H2;3*1H;/q;3*-1;. The molecule has 1 N–H and O–H groups in total. The number of rotatable bonds is 12. The molecule has 8 heteroatoms. The van der Waals surface area contributed by atoms with Gasteiger partial charge >= 0.3 is 0 Å². The van der Waals surface area contributed by atoms with E-state index in [1.165, 1.54) is 63.7 Å². The summed E-state index contributed by atoms with van der Waals surface area (Å²) in [6.45, 7) is 16.0. The van der Waals surface area contributed by atoms with Gasteiger partial charge in [-0.15, -0.1) is 0 Å². The molecule has 7 nitrogen and oxygen atoms in total. The summed E-state index contributed by atoms with van der Waals surface area (Å²) in [4.78, 5) is 32.8. The smallest absolute Gasteiger partial charge is 0.120 e. The molecule has 4 rings (SSSR count). The van der Waals surface area contributed by atoms with Crippen LogP contribution in [-0.4, -0.2) is 66.4 Å². The van der Waals surface area contributed by atoms with E-state index in [9.17, 15) is 5.11 Å². The van der Waals surface area contributed by atoms with Crippen LogP contribution in [-0.2, 0) is 47.9 Å². The van der Waals surface area contributed by atoms with Crippen LogP contribution >= 0.6 is 0 Å². The van der Waals surface area contributed by atoms with E-state index < -0.39 is 0 Å². The summed E-state index contributed by atoms with van der Waals surface area (Å²) < 4.78 is 0. The van der Waals surface area contributed by atoms with Crippen LogP contribution < -0.4 is 0 Å². The third-order valence-electron chi connectivity index (χ3n) is 7.05. The zero-order chi connectivity index (χ0) is 29.4. The predicted molar refractivity (Wildman–Crippen MR) is 160 cm³/mol. The van der Waals surface area contributed by atoms with Crippen molar-refractivity contribution in [2.24, 2.45) is 0 Å². The van der Waals surface area contributed by atoms with Crippen molar-refractivity contribution >= 4 is 20.4 Å². The van der Waals surface area contributed by atoms with Crippen LogP contribution in [0.3, 0.4) is 0 Å². The quantitative estimate of drug-likeness (QED) is 0.152. The van der Waals surface area contributed by atoms with Crippen molar-refractivity contribution in [1.82, 2.24) is 14.8 Å². The van der Waals surface area contributed by atoms with E-state index >= 15 is 0 Å². The van der Waals surface area contributed by atoms with Gasteiger partial charge in [-0.1, -0.05) is 67.4 Å². The first-order valence-electron chi connectivity index (χ1n) is 13.6. The van der Waals surface area contributed by atoms with Crippen molar-refractivity contribution in [3.8, 4) is 5.75 Å². The minimum atomic E-state index is 0. The third kappa shape index (κ3) is 15.0. The normalized spacial score (nSPS) is 12.8. The van der Waals surface area contributed by atoms with E-state index in [0.29, 0.717) is 5.75 Å². The maximum Gasteiger partial charge on any atom is 0.120 e. The van der Waals surface area contributed by atoms with Gasteiger partial charge < -0.3 is 24.4 Å². The molecular formula is C33H42N3O4Re-3. The van der Waals surface area contributed by atoms with Crippen molar-refractivity contribution in [3.63, 3.8) is 0 Å². The zero-order valence-corrected chi connectivity index (χ0v) is 26.4. The summed E-state index contributed by atoms with van der Waals surface area (Å²) in [6, 6.07) is 24.8. The van der Waals surface area contributed by atoms with Crippen LogP contribution in [0.25, 0.3) is 0 Å². The van der Waals surface area contributed by atoms with Crippen LogP contribution in [0.5, 0.6) is 5.75 Å². The Bertz CT molecular complexity index is 1020. The second-order valence-electron chi connectivity index (χ2n) is 9.60. The molecule has 0 spiro atoms. The minimum absolute atomic E-state index is 0. The summed E-state index contributed by atoms with van der Waals surface area (Å²) in [5.41, 5.74) is 3.58. The number of pyridine rings is 1. The Kier molecular flexibility index (Phi) is 22.9. The van der Waals surface area contributed by atoms with E-state index in [4.69, 9.17) is 14.4 Å². The fourth-order valence-electron chi connectivity index (χ4n) is 5.06. The van der Waals surface area contributed by atoms with Crippen molar-refractivity contribution in [3.05, 3.63) is 95.8 Å². The zero-order valence-electron chi connectivity index (χ0n) is 23.7. The third-order valence-corrected chi connectivity index (χ3v) is 7.05. The molecule has 1 aliphatic rings. The number of nitrogens with zero attached hydrogens (tertiary/aromatic N) is 3. The molecule has 0 saturated carbocycles. The number of hydrogen-bond donors (Lipinski definition) is 1. The topological polar surface area (TPSA) is 90.8 Å². The summed E-state index contributed by atoms with van der Waals surface area (Å²) in [7, 11) is 0. The van der Waals surface area contributed by atoms with E-state index in [2.05, 4.69) is 71.5 Å². The van der Waals surface area contributed by atoms with Crippen molar-refractivity contribution in [2.75, 3.05) is 26.2 Å². The van der Waals surface area contributed by atoms with E-state index in [-0.39, 0.29) is 20.4 Å². The van der Waals surface area contributed by atoms with E-state index in [0.717, 1.165) is 36.8 Å². The molecule has 2 heterocycles. The second-order valence-corrected chi connectivity index (χ2v) is 9.60. The molecule has 2 aromatic carbocycles. The van der Waals surface area contributed by atoms with Crippen molar-refractivity contribution in [2.45, 2.75) is 57.5 Å². The first-order chi connectivity index (χ1) is 19.8. The van der Waals surface area contributed by atoms with E-state index in [1.807, 2.05) is 36.5 Å². The molecule has 1 saturated heterocycles. The summed E-state index contributed by atoms with van der Waals surface area (Å²) in [6.07, 6.45) is 9.44. The van der Waals surface area contributed by atoms with Gasteiger partial charge in [0.25, 0.3) is 0 Å². The Hall–Kier alpha value is -3.02. The SMILES string of the molecule is Oc1ccccc1CN(CCCCCCN1CCC(c2ccccc2)CC1)Cc1ccccn1.[CH-]=O.[CH-]=O.[CH-]=O.[Re]. The Morgan fingerprint density at radius 1 is 0.756 bits per heavy atom. The number of phenolic OH excluding ortho intramolecular Hbond substituents is 1. The molecule has 223 valence electrons. The number of piperidine rings is 1. The molecule has 0 atom stereocenters. The number of aromatic nitrogens is 1. The molecule has 1 radical (unpaired) electrons. The number of unbranched alkanes of at least 4 members (excludes halogenated alkanes) is 3. The molecule has 1 fully saturated rings. The Labute approximate surface area is 259 Å². The van der Waals surface area contributed by atoms with E-state index in [1.54, 1.807) is 6.07 Å². The summed E-state index contributed by atoms with van der Waals surface area (Å²) in [5, 5.41) is 10.2. The number of para-hydroxylation sites is 1. The fraction of sp³-hybridized carbons (Fsp3) is 0.394. The van der Waals surface area contributed by atoms with Gasteiger partial charge in [-0.05, 0) is 81.5 Å². The number of benzene rings is 2. The number of aromatic hydroxyl groups is 1. The Morgan fingerprint density at radius 2 is 1.37 bits per heavy atom. The van der Waals surface area contributed by atoms with Crippen molar-refractivity contribution in [1.29, 1.82) is 0 Å². The Balaban J connectivity index is 0.00000215. The largest absolute Gasteiger partial charge is 0.545 e. The van der Waals surface area contributed by atoms with Gasteiger partial charge in [0.05, 0.1) is 5.69 Å². The number of likely N-dealkylation sites (tertiary alicyclic amines) is 1. The molecule has 0 unspecified atom stereocenters. The molecular weight excluding hydrogens is 689 g/mol. The maximum absolute atomic E-state index is 10.2. The molecule has 3 aromatic rings. The average molecular weight is 731 g/mol. The fourth-order valence-corrected chi connectivity index (χ4v) is 5.06. The number of phenols is 1. The number of hydrogen-bond acceptors (Lipinski definition) is 7. The van der Waals surface area contributed by atoms with Crippen LogP contribution in [0.4, 0.5) is 0 Å².